The Bertz CT molecular complexity index is 1250. The monoisotopic (exact) mass is 486 g/mol. The topological polar surface area (TPSA) is 48.4 Å². The number of anilines is 1. The van der Waals surface area contributed by atoms with Crippen LogP contribution in [-0.4, -0.2) is 61.4 Å². The van der Waals surface area contributed by atoms with E-state index in [1.807, 2.05) is 47.4 Å². The number of hydrazone groups is 1. The molecular formula is C29H31FN4O2. The van der Waals surface area contributed by atoms with Gasteiger partial charge in [0, 0.05) is 32.6 Å². The minimum Gasteiger partial charge on any atom is -0.497 e. The molecule has 3 aromatic rings. The Hall–Kier alpha value is -3.71. The second-order valence-electron chi connectivity index (χ2n) is 9.36. The van der Waals surface area contributed by atoms with E-state index in [1.54, 1.807) is 24.3 Å². The van der Waals surface area contributed by atoms with E-state index >= 15 is 0 Å². The van der Waals surface area contributed by atoms with Gasteiger partial charge in [-0.3, -0.25) is 9.69 Å². The summed E-state index contributed by atoms with van der Waals surface area (Å²) in [5.74, 6) is 0.541. The zero-order chi connectivity index (χ0) is 25.1. The van der Waals surface area contributed by atoms with Crippen molar-refractivity contribution < 1.29 is 13.9 Å². The molecule has 6 nitrogen and oxygen atoms in total. The SMILES string of the molecule is COc1ccc([C@@H]2CC(c3cccc(C)c3)=NN2C(=O)CN2CCN(c3ccccc3F)CC2)cc1. The average molecular weight is 487 g/mol. The second kappa shape index (κ2) is 10.5. The van der Waals surface area contributed by atoms with Gasteiger partial charge in [0.1, 0.15) is 11.6 Å². The lowest BCUT2D eigenvalue weighted by molar-refractivity contribution is -0.134. The number of amides is 1. The number of methoxy groups -OCH3 is 1. The highest BCUT2D eigenvalue weighted by atomic mass is 19.1. The van der Waals surface area contributed by atoms with Crippen LogP contribution in [0.15, 0.2) is 77.9 Å². The third-order valence-corrected chi connectivity index (χ3v) is 6.94. The van der Waals surface area contributed by atoms with Crippen molar-refractivity contribution in [1.29, 1.82) is 0 Å². The molecule has 0 spiro atoms. The van der Waals surface area contributed by atoms with Crippen molar-refractivity contribution in [2.75, 3.05) is 44.7 Å². The fourth-order valence-corrected chi connectivity index (χ4v) is 4.94. The van der Waals surface area contributed by atoms with Crippen LogP contribution in [0.3, 0.4) is 0 Å². The number of ether oxygens (including phenoxy) is 1. The summed E-state index contributed by atoms with van der Waals surface area (Å²) in [7, 11) is 1.64. The van der Waals surface area contributed by atoms with Crippen LogP contribution >= 0.6 is 0 Å². The largest absolute Gasteiger partial charge is 0.497 e. The predicted molar refractivity (Wildman–Crippen MR) is 140 cm³/mol. The Morgan fingerprint density at radius 2 is 1.75 bits per heavy atom. The third-order valence-electron chi connectivity index (χ3n) is 6.94. The summed E-state index contributed by atoms with van der Waals surface area (Å²) in [6.45, 7) is 5.07. The molecule has 0 unspecified atom stereocenters. The number of para-hydroxylation sites is 1. The van der Waals surface area contributed by atoms with Gasteiger partial charge in [0.2, 0.25) is 0 Å². The van der Waals surface area contributed by atoms with E-state index in [-0.39, 0.29) is 24.3 Å². The average Bonchev–Trinajstić information content (AvgIpc) is 3.35. The standard InChI is InChI=1S/C29H31FN4O2/c1-21-6-5-7-23(18-21)26-19-28(22-10-12-24(36-2)13-11-22)34(31-26)29(35)20-32-14-16-33(17-15-32)27-9-4-3-8-25(27)30/h3-13,18,28H,14-17,19-20H2,1-2H3/t28-/m0/s1. The first-order valence-electron chi connectivity index (χ1n) is 12.3. The quantitative estimate of drug-likeness (QED) is 0.509. The highest BCUT2D eigenvalue weighted by molar-refractivity contribution is 6.03. The first kappa shape index (κ1) is 24.0. The Labute approximate surface area is 211 Å². The number of hydrogen-bond acceptors (Lipinski definition) is 5. The minimum absolute atomic E-state index is 0.0298. The normalized spacial score (nSPS) is 18.3. The molecule has 0 bridgehead atoms. The van der Waals surface area contributed by atoms with Crippen molar-refractivity contribution >= 4 is 17.3 Å². The van der Waals surface area contributed by atoms with Gasteiger partial charge in [-0.15, -0.1) is 0 Å². The van der Waals surface area contributed by atoms with Crippen LogP contribution in [0, 0.1) is 12.7 Å². The summed E-state index contributed by atoms with van der Waals surface area (Å²) in [5.41, 5.74) is 4.77. The number of nitrogens with zero attached hydrogens (tertiary/aromatic N) is 4. The molecule has 7 heteroatoms. The van der Waals surface area contributed by atoms with Crippen LogP contribution in [0.1, 0.15) is 29.2 Å². The molecule has 1 saturated heterocycles. The molecule has 2 aliphatic heterocycles. The van der Waals surface area contributed by atoms with Crippen molar-refractivity contribution in [2.24, 2.45) is 5.10 Å². The fraction of sp³-hybridized carbons (Fsp3) is 0.310. The Balaban J connectivity index is 1.31. The van der Waals surface area contributed by atoms with Crippen molar-refractivity contribution in [3.05, 3.63) is 95.3 Å². The van der Waals surface area contributed by atoms with E-state index in [2.05, 4.69) is 24.0 Å². The molecule has 3 aromatic carbocycles. The lowest BCUT2D eigenvalue weighted by Crippen LogP contribution is -2.49. The van der Waals surface area contributed by atoms with Crippen LogP contribution in [0.5, 0.6) is 5.75 Å². The third kappa shape index (κ3) is 5.11. The van der Waals surface area contributed by atoms with Gasteiger partial charge >= 0.3 is 0 Å². The molecule has 1 atom stereocenters. The van der Waals surface area contributed by atoms with Gasteiger partial charge in [-0.05, 0) is 42.3 Å². The van der Waals surface area contributed by atoms with Crippen LogP contribution in [0.4, 0.5) is 10.1 Å². The fourth-order valence-electron chi connectivity index (χ4n) is 4.94. The molecular weight excluding hydrogens is 455 g/mol. The highest BCUT2D eigenvalue weighted by Gasteiger charge is 2.34. The number of benzene rings is 3. The lowest BCUT2D eigenvalue weighted by atomic mass is 9.97. The van der Waals surface area contributed by atoms with Gasteiger partial charge in [-0.25, -0.2) is 9.40 Å². The number of rotatable bonds is 6. The molecule has 5 rings (SSSR count). The van der Waals surface area contributed by atoms with Gasteiger partial charge in [-0.2, -0.15) is 5.10 Å². The molecule has 36 heavy (non-hydrogen) atoms. The minimum atomic E-state index is -0.209. The summed E-state index contributed by atoms with van der Waals surface area (Å²) >= 11 is 0. The molecule has 2 heterocycles. The zero-order valence-corrected chi connectivity index (χ0v) is 20.7. The number of carbonyl (C=O) groups excluding carboxylic acids is 1. The molecule has 0 aliphatic carbocycles. The van der Waals surface area contributed by atoms with Crippen molar-refractivity contribution in [1.82, 2.24) is 9.91 Å². The number of aryl methyl sites for hydroxylation is 1. The smallest absolute Gasteiger partial charge is 0.257 e. The van der Waals surface area contributed by atoms with E-state index in [0.717, 1.165) is 28.2 Å². The molecule has 1 fully saturated rings. The van der Waals surface area contributed by atoms with Gasteiger partial charge in [0.05, 0.1) is 31.1 Å². The Kier molecular flexibility index (Phi) is 7.00. The molecule has 0 N–H and O–H groups in total. The molecule has 2 aliphatic rings. The molecule has 0 radical (unpaired) electrons. The van der Waals surface area contributed by atoms with Crippen molar-refractivity contribution in [3.8, 4) is 5.75 Å². The van der Waals surface area contributed by atoms with E-state index in [1.165, 1.54) is 6.07 Å². The summed E-state index contributed by atoms with van der Waals surface area (Å²) in [6.07, 6.45) is 0.655. The first-order valence-corrected chi connectivity index (χ1v) is 12.3. The molecule has 0 aromatic heterocycles. The number of piperazine rings is 1. The highest BCUT2D eigenvalue weighted by Crippen LogP contribution is 2.34. The maximum atomic E-state index is 14.2. The van der Waals surface area contributed by atoms with Gasteiger partial charge in [0.15, 0.2) is 0 Å². The number of hydrogen-bond donors (Lipinski definition) is 0. The molecule has 186 valence electrons. The second-order valence-corrected chi connectivity index (χ2v) is 9.36. The van der Waals surface area contributed by atoms with Crippen LogP contribution in [0.25, 0.3) is 0 Å². The van der Waals surface area contributed by atoms with Crippen LogP contribution in [0.2, 0.25) is 0 Å². The van der Waals surface area contributed by atoms with E-state index in [4.69, 9.17) is 9.84 Å². The predicted octanol–water partition coefficient (Wildman–Crippen LogP) is 4.64. The molecule has 1 amide bonds. The van der Waals surface area contributed by atoms with Gasteiger partial charge < -0.3 is 9.64 Å². The van der Waals surface area contributed by atoms with Gasteiger partial charge in [-0.1, -0.05) is 54.1 Å². The Morgan fingerprint density at radius 3 is 2.44 bits per heavy atom. The number of carbonyl (C=O) groups is 1. The summed E-state index contributed by atoms with van der Waals surface area (Å²) < 4.78 is 19.5. The number of halogens is 1. The summed E-state index contributed by atoms with van der Waals surface area (Å²) in [5, 5.41) is 6.48. The Morgan fingerprint density at radius 1 is 1.00 bits per heavy atom. The van der Waals surface area contributed by atoms with E-state index < -0.39 is 0 Å². The van der Waals surface area contributed by atoms with Crippen LogP contribution in [-0.2, 0) is 4.79 Å². The van der Waals surface area contributed by atoms with Crippen molar-refractivity contribution in [3.63, 3.8) is 0 Å². The van der Waals surface area contributed by atoms with Crippen LogP contribution < -0.4 is 9.64 Å². The molecule has 0 saturated carbocycles. The lowest BCUT2D eigenvalue weighted by Gasteiger charge is -2.36. The zero-order valence-electron chi connectivity index (χ0n) is 20.7. The van der Waals surface area contributed by atoms with Gasteiger partial charge in [0.25, 0.3) is 5.91 Å². The van der Waals surface area contributed by atoms with Crippen molar-refractivity contribution in [2.45, 2.75) is 19.4 Å². The maximum Gasteiger partial charge on any atom is 0.257 e. The van der Waals surface area contributed by atoms with E-state index in [9.17, 15) is 9.18 Å². The first-order chi connectivity index (χ1) is 17.5. The maximum absolute atomic E-state index is 14.2. The summed E-state index contributed by atoms with van der Waals surface area (Å²) in [4.78, 5) is 17.7. The summed E-state index contributed by atoms with van der Waals surface area (Å²) in [6, 6.07) is 22.8. The van der Waals surface area contributed by atoms with E-state index in [0.29, 0.717) is 38.3 Å².